The number of carbonyl (C=O) groups excluding carboxylic acids is 1. The molecule has 10 nitrogen and oxygen atoms in total. The van der Waals surface area contributed by atoms with Crippen molar-refractivity contribution in [3.05, 3.63) is 52.3 Å². The molecule has 0 saturated carbocycles. The summed E-state index contributed by atoms with van der Waals surface area (Å²) in [6.45, 7) is 5.44. The van der Waals surface area contributed by atoms with Gasteiger partial charge >= 0.3 is 0 Å². The fourth-order valence-electron chi connectivity index (χ4n) is 4.03. The van der Waals surface area contributed by atoms with Gasteiger partial charge in [0.1, 0.15) is 5.82 Å². The van der Waals surface area contributed by atoms with Crippen LogP contribution in [0.3, 0.4) is 0 Å². The predicted molar refractivity (Wildman–Crippen MR) is 140 cm³/mol. The van der Waals surface area contributed by atoms with Gasteiger partial charge in [0.25, 0.3) is 5.91 Å². The highest BCUT2D eigenvalue weighted by atomic mass is 35.5. The summed E-state index contributed by atoms with van der Waals surface area (Å²) < 4.78 is 27.6. The number of rotatable bonds is 6. The predicted octanol–water partition coefficient (Wildman–Crippen LogP) is 2.86. The number of nitrogens with one attached hydrogen (secondary N) is 1. The number of halogens is 2. The van der Waals surface area contributed by atoms with Crippen LogP contribution in [0.2, 0.25) is 5.02 Å². The number of hydrogen-bond acceptors (Lipinski definition) is 7. The molecule has 1 saturated heterocycles. The molecule has 3 heterocycles. The van der Waals surface area contributed by atoms with E-state index in [4.69, 9.17) is 22.3 Å². The molecule has 0 bridgehead atoms. The Hall–Kier alpha value is -2.60. The summed E-state index contributed by atoms with van der Waals surface area (Å²) >= 11 is 6.10. The van der Waals surface area contributed by atoms with E-state index in [1.54, 1.807) is 11.6 Å². The van der Waals surface area contributed by atoms with Crippen molar-refractivity contribution < 1.29 is 13.2 Å². The third kappa shape index (κ3) is 5.80. The molecule has 4 rings (SSSR count). The highest BCUT2D eigenvalue weighted by Crippen LogP contribution is 2.28. The largest absolute Gasteiger partial charge is 0.355 e. The van der Waals surface area contributed by atoms with Gasteiger partial charge in [-0.2, -0.15) is 5.10 Å². The topological polar surface area (TPSA) is 126 Å². The third-order valence-electron chi connectivity index (χ3n) is 6.00. The molecular formula is C22H29Cl2N7O3S. The molecule has 2 aromatic heterocycles. The van der Waals surface area contributed by atoms with E-state index < -0.39 is 22.0 Å². The van der Waals surface area contributed by atoms with Gasteiger partial charge in [-0.15, -0.1) is 12.4 Å². The van der Waals surface area contributed by atoms with Crippen molar-refractivity contribution in [3.63, 3.8) is 0 Å². The van der Waals surface area contributed by atoms with Crippen molar-refractivity contribution in [1.29, 1.82) is 0 Å². The van der Waals surface area contributed by atoms with Gasteiger partial charge in [-0.25, -0.2) is 17.9 Å². The molecule has 3 N–H and O–H groups in total. The summed E-state index contributed by atoms with van der Waals surface area (Å²) in [5.74, 6) is 0.464. The lowest BCUT2D eigenvalue weighted by atomic mass is 10.1. The van der Waals surface area contributed by atoms with Crippen molar-refractivity contribution in [3.8, 4) is 0 Å². The molecule has 3 aromatic rings. The van der Waals surface area contributed by atoms with E-state index in [0.717, 1.165) is 37.3 Å². The first-order chi connectivity index (χ1) is 15.9. The van der Waals surface area contributed by atoms with Gasteiger partial charge in [-0.3, -0.25) is 9.52 Å². The lowest BCUT2D eigenvalue weighted by Gasteiger charge is -2.24. The second-order valence-corrected chi connectivity index (χ2v) is 10.9. The second-order valence-electron chi connectivity index (χ2n) is 8.75. The Morgan fingerprint density at radius 1 is 1.31 bits per heavy atom. The van der Waals surface area contributed by atoms with Gasteiger partial charge in [-0.05, 0) is 38.5 Å². The third-order valence-corrected chi connectivity index (χ3v) is 6.82. The van der Waals surface area contributed by atoms with Crippen LogP contribution in [0.1, 0.15) is 41.1 Å². The zero-order valence-corrected chi connectivity index (χ0v) is 22.3. The number of nitrogens with two attached hydrogens (primary N) is 1. The van der Waals surface area contributed by atoms with Crippen LogP contribution in [-0.2, 0) is 10.0 Å². The summed E-state index contributed by atoms with van der Waals surface area (Å²) in [5.41, 5.74) is 8.62. The number of amides is 1. The van der Waals surface area contributed by atoms with Crippen LogP contribution >= 0.6 is 24.0 Å². The number of hydrogen-bond donors (Lipinski definition) is 2. The van der Waals surface area contributed by atoms with Gasteiger partial charge in [-0.1, -0.05) is 11.6 Å². The molecule has 1 fully saturated rings. The number of anilines is 2. The van der Waals surface area contributed by atoms with Gasteiger partial charge in [0, 0.05) is 49.0 Å². The van der Waals surface area contributed by atoms with Gasteiger partial charge in [0.05, 0.1) is 29.2 Å². The molecule has 13 heteroatoms. The minimum absolute atomic E-state index is 0. The van der Waals surface area contributed by atoms with Crippen LogP contribution < -0.4 is 15.4 Å². The van der Waals surface area contributed by atoms with E-state index in [9.17, 15) is 13.2 Å². The van der Waals surface area contributed by atoms with Crippen LogP contribution in [0.5, 0.6) is 0 Å². The highest BCUT2D eigenvalue weighted by Gasteiger charge is 2.26. The molecule has 1 amide bonds. The lowest BCUT2D eigenvalue weighted by Crippen LogP contribution is -2.31. The zero-order valence-electron chi connectivity index (χ0n) is 19.9. The molecule has 0 radical (unpaired) electrons. The zero-order chi connectivity index (χ0) is 24.8. The normalized spacial score (nSPS) is 16.7. The molecule has 0 unspecified atom stereocenters. The van der Waals surface area contributed by atoms with E-state index in [2.05, 4.69) is 14.7 Å². The highest BCUT2D eigenvalue weighted by molar-refractivity contribution is 7.92. The number of sulfonamides is 1. The quantitative estimate of drug-likeness (QED) is 0.491. The molecule has 1 aliphatic rings. The molecular weight excluding hydrogens is 513 g/mol. The molecule has 0 spiro atoms. The molecule has 2 atom stereocenters. The number of aryl methyl sites for hydroxylation is 1. The van der Waals surface area contributed by atoms with E-state index in [-0.39, 0.29) is 29.7 Å². The Bertz CT molecular complexity index is 1360. The number of carbonyl (C=O) groups is 1. The molecule has 190 valence electrons. The van der Waals surface area contributed by atoms with Crippen molar-refractivity contribution in [1.82, 2.24) is 19.5 Å². The maximum atomic E-state index is 13.3. The second kappa shape index (κ2) is 10.2. The lowest BCUT2D eigenvalue weighted by molar-refractivity contribution is 0.0740. The van der Waals surface area contributed by atoms with Crippen LogP contribution in [0.15, 0.2) is 30.3 Å². The first-order valence-electron chi connectivity index (χ1n) is 10.9. The smallest absolute Gasteiger partial charge is 0.256 e. The van der Waals surface area contributed by atoms with Crippen LogP contribution in [0, 0.1) is 6.92 Å². The van der Waals surface area contributed by atoms with Crippen LogP contribution in [0.25, 0.3) is 5.65 Å². The Morgan fingerprint density at radius 3 is 2.66 bits per heavy atom. The van der Waals surface area contributed by atoms with Crippen molar-refractivity contribution in [2.75, 3.05) is 36.0 Å². The first kappa shape index (κ1) is 27.0. The first-order valence-corrected chi connectivity index (χ1v) is 13.1. The summed E-state index contributed by atoms with van der Waals surface area (Å²) in [7, 11) is -1.94. The summed E-state index contributed by atoms with van der Waals surface area (Å²) in [6.07, 6.45) is 1.96. The average molecular weight is 542 g/mol. The standard InChI is InChI=1S/C22H28ClN7O3S.ClH/c1-13-9-20(29-8-7-16(24)12-29)25-21-11-19(26-30(13)21)14(2)28(3)22(31)17-10-15(23)5-6-18(17)27-34(4,32)33;/h5-6,9-11,14,16,27H,7-8,12,24H2,1-4H3;1H/t14-,16-;/m0./s1. The maximum absolute atomic E-state index is 13.3. The summed E-state index contributed by atoms with van der Waals surface area (Å²) in [5, 5.41) is 5.00. The molecule has 1 aliphatic heterocycles. The number of benzene rings is 1. The average Bonchev–Trinajstić information content (AvgIpc) is 3.39. The minimum Gasteiger partial charge on any atom is -0.355 e. The monoisotopic (exact) mass is 541 g/mol. The maximum Gasteiger partial charge on any atom is 0.256 e. The number of nitrogens with zero attached hydrogens (tertiary/aromatic N) is 5. The Balaban J connectivity index is 0.00000342. The molecule has 1 aromatic carbocycles. The molecule has 35 heavy (non-hydrogen) atoms. The van der Waals surface area contributed by atoms with Crippen molar-refractivity contribution in [2.24, 2.45) is 5.73 Å². The molecule has 0 aliphatic carbocycles. The summed E-state index contributed by atoms with van der Waals surface area (Å²) in [4.78, 5) is 21.7. The fourth-order valence-corrected chi connectivity index (χ4v) is 4.78. The number of fused-ring (bicyclic) bond motifs is 1. The van der Waals surface area contributed by atoms with E-state index in [1.165, 1.54) is 23.1 Å². The Labute approximate surface area is 215 Å². The Kier molecular flexibility index (Phi) is 7.85. The SMILES string of the molecule is Cc1cc(N2CC[C@H](N)C2)nc2cc([C@H](C)N(C)C(=O)c3cc(Cl)ccc3NS(C)(=O)=O)nn12.Cl. The summed E-state index contributed by atoms with van der Waals surface area (Å²) in [6, 6.07) is 8.01. The van der Waals surface area contributed by atoms with Gasteiger partial charge in [0.15, 0.2) is 5.65 Å². The van der Waals surface area contributed by atoms with Gasteiger partial charge < -0.3 is 15.5 Å². The van der Waals surface area contributed by atoms with E-state index in [1.807, 2.05) is 26.0 Å². The Morgan fingerprint density at radius 2 is 2.03 bits per heavy atom. The van der Waals surface area contributed by atoms with Crippen molar-refractivity contribution >= 4 is 57.1 Å². The van der Waals surface area contributed by atoms with Crippen LogP contribution in [0.4, 0.5) is 11.5 Å². The minimum atomic E-state index is -3.58. The van der Waals surface area contributed by atoms with E-state index >= 15 is 0 Å². The van der Waals surface area contributed by atoms with Gasteiger partial charge in [0.2, 0.25) is 10.0 Å². The fraction of sp³-hybridized carbons (Fsp3) is 0.409. The number of aromatic nitrogens is 3. The van der Waals surface area contributed by atoms with Crippen molar-refractivity contribution in [2.45, 2.75) is 32.4 Å². The van der Waals surface area contributed by atoms with E-state index in [0.29, 0.717) is 16.4 Å². The van der Waals surface area contributed by atoms with Crippen LogP contribution in [-0.4, -0.2) is 66.3 Å².